The molecular weight excluding hydrogens is 374 g/mol. The zero-order chi connectivity index (χ0) is 20.5. The number of sulfonamides is 1. The van der Waals surface area contributed by atoms with E-state index in [1.807, 2.05) is 6.07 Å². The first-order valence-corrected chi connectivity index (χ1v) is 11.8. The molecule has 1 aromatic rings. The molecule has 28 heavy (non-hydrogen) atoms. The van der Waals surface area contributed by atoms with E-state index in [-0.39, 0.29) is 12.1 Å². The molecule has 0 radical (unpaired) electrons. The van der Waals surface area contributed by atoms with E-state index in [1.54, 1.807) is 25.7 Å². The number of hydrogen-bond donors (Lipinski definition) is 2. The van der Waals surface area contributed by atoms with E-state index in [2.05, 4.69) is 23.0 Å². The fourth-order valence-corrected chi connectivity index (χ4v) is 4.98. The molecule has 0 spiro atoms. The van der Waals surface area contributed by atoms with Gasteiger partial charge in [-0.2, -0.15) is 0 Å². The van der Waals surface area contributed by atoms with Crippen LogP contribution >= 0.6 is 0 Å². The van der Waals surface area contributed by atoms with E-state index in [0.717, 1.165) is 18.5 Å². The molecule has 1 heterocycles. The van der Waals surface area contributed by atoms with Gasteiger partial charge in [-0.1, -0.05) is 6.07 Å². The maximum Gasteiger partial charge on any atom is 0.321 e. The Morgan fingerprint density at radius 2 is 1.68 bits per heavy atom. The predicted molar refractivity (Wildman–Crippen MR) is 113 cm³/mol. The standard InChI is InChI=1S/C21H33N3O3S/c1-15-9-10-19(18-8-6-5-7-17(15)18)22-20(25)24-13-11-16(12-14-24)23-28(26,27)21(2,3)4/h9-10,16,23H,5-8,11-14H2,1-4H3,(H,22,25). The van der Waals surface area contributed by atoms with Crippen molar-refractivity contribution >= 4 is 21.7 Å². The lowest BCUT2D eigenvalue weighted by Gasteiger charge is -2.34. The van der Waals surface area contributed by atoms with E-state index in [1.165, 1.54) is 29.5 Å². The van der Waals surface area contributed by atoms with Gasteiger partial charge in [-0.25, -0.2) is 17.9 Å². The maximum atomic E-state index is 12.8. The predicted octanol–water partition coefficient (Wildman–Crippen LogP) is 3.59. The third-order valence-corrected chi connectivity index (χ3v) is 8.18. The van der Waals surface area contributed by atoms with Gasteiger partial charge in [-0.05, 0) is 89.0 Å². The number of fused-ring (bicyclic) bond motifs is 1. The fourth-order valence-electron chi connectivity index (χ4n) is 3.96. The van der Waals surface area contributed by atoms with Crippen molar-refractivity contribution in [2.24, 2.45) is 0 Å². The molecule has 1 fully saturated rings. The molecular formula is C21H33N3O3S. The summed E-state index contributed by atoms with van der Waals surface area (Å²) in [5, 5.41) is 3.10. The fraction of sp³-hybridized carbons (Fsp3) is 0.667. The zero-order valence-corrected chi connectivity index (χ0v) is 18.3. The normalized spacial score (nSPS) is 18.6. The molecule has 1 aliphatic heterocycles. The molecule has 0 atom stereocenters. The number of carbonyl (C=O) groups is 1. The second-order valence-corrected chi connectivity index (χ2v) is 11.5. The molecule has 2 amide bonds. The van der Waals surface area contributed by atoms with Crippen LogP contribution in [-0.2, 0) is 22.9 Å². The molecule has 6 nitrogen and oxygen atoms in total. The summed E-state index contributed by atoms with van der Waals surface area (Å²) in [5.74, 6) is 0. The Morgan fingerprint density at radius 3 is 2.29 bits per heavy atom. The second kappa shape index (κ2) is 8.03. The minimum Gasteiger partial charge on any atom is -0.324 e. The van der Waals surface area contributed by atoms with Gasteiger partial charge in [-0.15, -0.1) is 0 Å². The molecule has 2 N–H and O–H groups in total. The molecule has 0 saturated carbocycles. The molecule has 0 bridgehead atoms. The highest BCUT2D eigenvalue weighted by molar-refractivity contribution is 7.90. The van der Waals surface area contributed by atoms with Crippen LogP contribution in [0.2, 0.25) is 0 Å². The van der Waals surface area contributed by atoms with Gasteiger partial charge in [0.1, 0.15) is 0 Å². The Hall–Kier alpha value is -1.60. The van der Waals surface area contributed by atoms with Gasteiger partial charge in [0, 0.05) is 24.8 Å². The summed E-state index contributed by atoms with van der Waals surface area (Å²) in [6, 6.07) is 3.91. The van der Waals surface area contributed by atoms with Gasteiger partial charge in [0.2, 0.25) is 10.0 Å². The highest BCUT2D eigenvalue weighted by Gasteiger charge is 2.33. The van der Waals surface area contributed by atoms with Crippen molar-refractivity contribution in [3.63, 3.8) is 0 Å². The lowest BCUT2D eigenvalue weighted by atomic mass is 9.87. The number of piperidine rings is 1. The summed E-state index contributed by atoms with van der Waals surface area (Å²) in [5.41, 5.74) is 4.91. The number of anilines is 1. The number of benzene rings is 1. The number of urea groups is 1. The Kier molecular flexibility index (Phi) is 6.05. The Balaban J connectivity index is 1.59. The van der Waals surface area contributed by atoms with Gasteiger partial charge in [-0.3, -0.25) is 0 Å². The minimum atomic E-state index is -3.37. The highest BCUT2D eigenvalue weighted by Crippen LogP contribution is 2.31. The smallest absolute Gasteiger partial charge is 0.321 e. The first kappa shape index (κ1) is 21.1. The van der Waals surface area contributed by atoms with Crippen molar-refractivity contribution in [3.05, 3.63) is 28.8 Å². The van der Waals surface area contributed by atoms with Gasteiger partial charge >= 0.3 is 6.03 Å². The SMILES string of the molecule is Cc1ccc(NC(=O)N2CCC(NS(=O)(=O)C(C)(C)C)CC2)c2c1CCCC2. The Bertz CT molecular complexity index is 835. The van der Waals surface area contributed by atoms with Crippen LogP contribution in [0.5, 0.6) is 0 Å². The molecule has 1 aromatic carbocycles. The Labute approximate surface area is 169 Å². The van der Waals surface area contributed by atoms with Crippen molar-refractivity contribution in [3.8, 4) is 0 Å². The molecule has 0 unspecified atom stereocenters. The second-order valence-electron chi connectivity index (χ2n) is 9.02. The molecule has 7 heteroatoms. The van der Waals surface area contributed by atoms with Crippen molar-refractivity contribution in [1.29, 1.82) is 0 Å². The lowest BCUT2D eigenvalue weighted by molar-refractivity contribution is 0.193. The van der Waals surface area contributed by atoms with Crippen LogP contribution in [0.3, 0.4) is 0 Å². The van der Waals surface area contributed by atoms with Crippen LogP contribution in [0.25, 0.3) is 0 Å². The largest absolute Gasteiger partial charge is 0.324 e. The molecule has 1 aliphatic carbocycles. The maximum absolute atomic E-state index is 12.8. The van der Waals surface area contributed by atoms with E-state index in [9.17, 15) is 13.2 Å². The van der Waals surface area contributed by atoms with E-state index in [4.69, 9.17) is 0 Å². The number of rotatable bonds is 3. The third-order valence-electron chi connectivity index (χ3n) is 5.92. The molecule has 1 saturated heterocycles. The number of nitrogens with zero attached hydrogens (tertiary/aromatic N) is 1. The molecule has 156 valence electrons. The number of nitrogens with one attached hydrogen (secondary N) is 2. The van der Waals surface area contributed by atoms with E-state index in [0.29, 0.717) is 25.9 Å². The highest BCUT2D eigenvalue weighted by atomic mass is 32.2. The van der Waals surface area contributed by atoms with Gasteiger partial charge in [0.25, 0.3) is 0 Å². The average Bonchev–Trinajstić information content (AvgIpc) is 2.63. The average molecular weight is 408 g/mol. The summed E-state index contributed by atoms with van der Waals surface area (Å²) in [6.45, 7) is 8.33. The van der Waals surface area contributed by atoms with Gasteiger partial charge < -0.3 is 10.2 Å². The Morgan fingerprint density at radius 1 is 1.07 bits per heavy atom. The lowest BCUT2D eigenvalue weighted by Crippen LogP contribution is -2.50. The van der Waals surface area contributed by atoms with Crippen molar-refractivity contribution in [2.45, 2.75) is 77.0 Å². The quantitative estimate of drug-likeness (QED) is 0.804. The topological polar surface area (TPSA) is 78.5 Å². The summed E-state index contributed by atoms with van der Waals surface area (Å²) in [4.78, 5) is 14.6. The van der Waals surface area contributed by atoms with Crippen molar-refractivity contribution in [1.82, 2.24) is 9.62 Å². The first-order valence-electron chi connectivity index (χ1n) is 10.3. The van der Waals surface area contributed by atoms with Crippen LogP contribution in [0.1, 0.15) is 63.1 Å². The van der Waals surface area contributed by atoms with Gasteiger partial charge in [0.15, 0.2) is 0 Å². The van der Waals surface area contributed by atoms with Crippen LogP contribution in [0, 0.1) is 6.92 Å². The van der Waals surface area contributed by atoms with Crippen LogP contribution in [0.4, 0.5) is 10.5 Å². The number of aryl methyl sites for hydroxylation is 1. The third kappa shape index (κ3) is 4.51. The molecule has 0 aromatic heterocycles. The van der Waals surface area contributed by atoms with Crippen LogP contribution < -0.4 is 10.0 Å². The summed E-state index contributed by atoms with van der Waals surface area (Å²) in [7, 11) is -3.37. The monoisotopic (exact) mass is 407 g/mol. The summed E-state index contributed by atoms with van der Waals surface area (Å²) >= 11 is 0. The van der Waals surface area contributed by atoms with Crippen LogP contribution in [0.15, 0.2) is 12.1 Å². The van der Waals surface area contributed by atoms with Crippen molar-refractivity contribution in [2.75, 3.05) is 18.4 Å². The molecule has 3 rings (SSSR count). The number of hydrogen-bond acceptors (Lipinski definition) is 3. The summed E-state index contributed by atoms with van der Waals surface area (Å²) in [6.07, 6.45) is 5.75. The number of carbonyl (C=O) groups excluding carboxylic acids is 1. The first-order chi connectivity index (χ1) is 13.1. The molecule has 2 aliphatic rings. The zero-order valence-electron chi connectivity index (χ0n) is 17.5. The van der Waals surface area contributed by atoms with Crippen LogP contribution in [-0.4, -0.2) is 43.2 Å². The summed E-state index contributed by atoms with van der Waals surface area (Å²) < 4.78 is 26.7. The number of likely N-dealkylation sites (tertiary alicyclic amines) is 1. The van der Waals surface area contributed by atoms with Gasteiger partial charge in [0.05, 0.1) is 4.75 Å². The number of amides is 2. The van der Waals surface area contributed by atoms with E-state index < -0.39 is 14.8 Å². The minimum absolute atomic E-state index is 0.0891. The van der Waals surface area contributed by atoms with Crippen molar-refractivity contribution < 1.29 is 13.2 Å². The van der Waals surface area contributed by atoms with E-state index >= 15 is 0 Å².